The molecule has 1 aliphatic heterocycles. The normalized spacial score (nSPS) is 17.3. The molecule has 0 fully saturated rings. The minimum absolute atomic E-state index is 0.239. The molecular formula is C19H15BrN2S. The van der Waals surface area contributed by atoms with Gasteiger partial charge in [-0.1, -0.05) is 58.4 Å². The molecular weight excluding hydrogens is 368 g/mol. The van der Waals surface area contributed by atoms with Crippen LogP contribution >= 0.6 is 27.3 Å². The van der Waals surface area contributed by atoms with Crippen molar-refractivity contribution >= 4 is 38.7 Å². The van der Waals surface area contributed by atoms with Crippen molar-refractivity contribution < 1.29 is 0 Å². The minimum Gasteiger partial charge on any atom is -0.257 e. The van der Waals surface area contributed by atoms with Crippen LogP contribution in [0.1, 0.15) is 22.9 Å². The number of hydrogen-bond donors (Lipinski definition) is 0. The molecule has 0 unspecified atom stereocenters. The molecule has 23 heavy (non-hydrogen) atoms. The lowest BCUT2D eigenvalue weighted by atomic mass is 10.0. The summed E-state index contributed by atoms with van der Waals surface area (Å²) in [7, 11) is 0. The molecule has 114 valence electrons. The zero-order chi connectivity index (χ0) is 15.6. The van der Waals surface area contributed by atoms with Gasteiger partial charge in [0, 0.05) is 10.9 Å². The van der Waals surface area contributed by atoms with Crippen LogP contribution in [0.15, 0.2) is 81.7 Å². The fraction of sp³-hybridized carbons (Fsp3) is 0.105. The molecule has 1 aliphatic rings. The lowest BCUT2D eigenvalue weighted by Gasteiger charge is -2.24. The standard InChI is InChI=1S/C19H15BrN2S/c20-15-8-4-9-16(12-15)22-18(14-6-2-1-3-7-14)13-17(21-22)19-10-5-11-23-19/h1-12,18H,13H2/t18-/m0/s1. The molecule has 0 amide bonds. The average Bonchev–Trinajstić information content (AvgIpc) is 3.25. The molecule has 0 spiro atoms. The first-order valence-corrected chi connectivity index (χ1v) is 9.19. The van der Waals surface area contributed by atoms with Gasteiger partial charge in [-0.2, -0.15) is 5.10 Å². The summed E-state index contributed by atoms with van der Waals surface area (Å²) in [6.07, 6.45) is 0.928. The lowest BCUT2D eigenvalue weighted by Crippen LogP contribution is -2.18. The SMILES string of the molecule is Brc1cccc(N2N=C(c3cccs3)C[C@H]2c2ccccc2)c1. The zero-order valence-corrected chi connectivity index (χ0v) is 14.8. The van der Waals surface area contributed by atoms with Crippen molar-refractivity contribution in [3.8, 4) is 0 Å². The van der Waals surface area contributed by atoms with Gasteiger partial charge < -0.3 is 0 Å². The van der Waals surface area contributed by atoms with Crippen LogP contribution in [0.4, 0.5) is 5.69 Å². The van der Waals surface area contributed by atoms with Gasteiger partial charge in [0.25, 0.3) is 0 Å². The van der Waals surface area contributed by atoms with Crippen molar-refractivity contribution in [2.75, 3.05) is 5.01 Å². The van der Waals surface area contributed by atoms with Crippen molar-refractivity contribution in [3.63, 3.8) is 0 Å². The third-order valence-corrected chi connectivity index (χ3v) is 5.39. The van der Waals surface area contributed by atoms with Gasteiger partial charge in [0.15, 0.2) is 0 Å². The van der Waals surface area contributed by atoms with Gasteiger partial charge >= 0.3 is 0 Å². The summed E-state index contributed by atoms with van der Waals surface area (Å²) in [6, 6.07) is 23.4. The number of hydrogen-bond acceptors (Lipinski definition) is 3. The minimum atomic E-state index is 0.239. The fourth-order valence-corrected chi connectivity index (χ4v) is 4.00. The smallest absolute Gasteiger partial charge is 0.0832 e. The summed E-state index contributed by atoms with van der Waals surface area (Å²) in [4.78, 5) is 1.25. The maximum Gasteiger partial charge on any atom is 0.0832 e. The van der Waals surface area contributed by atoms with Gasteiger partial charge in [0.05, 0.1) is 22.3 Å². The second-order valence-corrected chi connectivity index (χ2v) is 7.34. The number of hydrazone groups is 1. The second-order valence-electron chi connectivity index (χ2n) is 5.48. The number of halogens is 1. The molecule has 2 aromatic carbocycles. The highest BCUT2D eigenvalue weighted by Crippen LogP contribution is 2.37. The van der Waals surface area contributed by atoms with Crippen molar-refractivity contribution in [2.45, 2.75) is 12.5 Å². The molecule has 0 saturated carbocycles. The van der Waals surface area contributed by atoms with E-state index in [2.05, 4.69) is 87.0 Å². The molecule has 0 N–H and O–H groups in total. The number of anilines is 1. The molecule has 0 saturated heterocycles. The Morgan fingerprint density at radius 3 is 2.61 bits per heavy atom. The number of nitrogens with zero attached hydrogens (tertiary/aromatic N) is 2. The third-order valence-electron chi connectivity index (χ3n) is 3.97. The van der Waals surface area contributed by atoms with E-state index in [1.807, 2.05) is 6.07 Å². The lowest BCUT2D eigenvalue weighted by molar-refractivity contribution is 0.709. The van der Waals surface area contributed by atoms with Gasteiger partial charge in [0.1, 0.15) is 0 Å². The topological polar surface area (TPSA) is 15.6 Å². The predicted octanol–water partition coefficient (Wildman–Crippen LogP) is 5.87. The van der Waals surface area contributed by atoms with Crippen molar-refractivity contribution in [1.29, 1.82) is 0 Å². The highest BCUT2D eigenvalue weighted by atomic mass is 79.9. The molecule has 3 aromatic rings. The second kappa shape index (κ2) is 6.30. The Hall–Kier alpha value is -1.91. The van der Waals surface area contributed by atoms with Crippen LogP contribution in [-0.2, 0) is 0 Å². The molecule has 4 heteroatoms. The molecule has 2 heterocycles. The van der Waals surface area contributed by atoms with Crippen LogP contribution < -0.4 is 5.01 Å². The predicted molar refractivity (Wildman–Crippen MR) is 101 cm³/mol. The zero-order valence-electron chi connectivity index (χ0n) is 12.4. The molecule has 0 aliphatic carbocycles. The van der Waals surface area contributed by atoms with E-state index in [1.165, 1.54) is 10.4 Å². The molecule has 1 aromatic heterocycles. The quantitative estimate of drug-likeness (QED) is 0.553. The summed E-state index contributed by atoms with van der Waals surface area (Å²) in [6.45, 7) is 0. The summed E-state index contributed by atoms with van der Waals surface area (Å²) in [5, 5.41) is 9.20. The van der Waals surface area contributed by atoms with Crippen molar-refractivity contribution in [1.82, 2.24) is 0 Å². The summed E-state index contributed by atoms with van der Waals surface area (Å²) < 4.78 is 1.07. The maximum absolute atomic E-state index is 4.94. The van der Waals surface area contributed by atoms with E-state index < -0.39 is 0 Å². The van der Waals surface area contributed by atoms with Gasteiger partial charge in [-0.3, -0.25) is 5.01 Å². The Balaban J connectivity index is 1.77. The molecule has 1 atom stereocenters. The Bertz CT molecular complexity index is 828. The van der Waals surface area contributed by atoms with E-state index in [1.54, 1.807) is 11.3 Å². The van der Waals surface area contributed by atoms with E-state index in [4.69, 9.17) is 5.10 Å². The molecule has 4 rings (SSSR count). The van der Waals surface area contributed by atoms with E-state index >= 15 is 0 Å². The van der Waals surface area contributed by atoms with Crippen LogP contribution in [0.2, 0.25) is 0 Å². The van der Waals surface area contributed by atoms with Gasteiger partial charge in [-0.25, -0.2) is 0 Å². The van der Waals surface area contributed by atoms with Gasteiger partial charge in [0.2, 0.25) is 0 Å². The fourth-order valence-electron chi connectivity index (χ4n) is 2.89. The Kier molecular flexibility index (Phi) is 4.02. The van der Waals surface area contributed by atoms with Crippen LogP contribution in [0, 0.1) is 0 Å². The van der Waals surface area contributed by atoms with E-state index in [-0.39, 0.29) is 6.04 Å². The van der Waals surface area contributed by atoms with E-state index in [0.29, 0.717) is 0 Å². The number of benzene rings is 2. The first-order valence-electron chi connectivity index (χ1n) is 7.52. The summed E-state index contributed by atoms with van der Waals surface area (Å²) >= 11 is 5.32. The number of rotatable bonds is 3. The van der Waals surface area contributed by atoms with Gasteiger partial charge in [-0.15, -0.1) is 11.3 Å². The average molecular weight is 383 g/mol. The number of thiophene rings is 1. The van der Waals surface area contributed by atoms with Crippen LogP contribution in [0.3, 0.4) is 0 Å². The highest BCUT2D eigenvalue weighted by Gasteiger charge is 2.30. The van der Waals surface area contributed by atoms with Crippen molar-refractivity contribution in [3.05, 3.63) is 87.0 Å². The first kappa shape index (κ1) is 14.7. The Labute approximate surface area is 148 Å². The Morgan fingerprint density at radius 1 is 1.00 bits per heavy atom. The maximum atomic E-state index is 4.94. The first-order chi connectivity index (χ1) is 11.3. The third kappa shape index (κ3) is 2.96. The molecule has 0 radical (unpaired) electrons. The van der Waals surface area contributed by atoms with Crippen molar-refractivity contribution in [2.24, 2.45) is 5.10 Å². The molecule has 2 nitrogen and oxygen atoms in total. The van der Waals surface area contributed by atoms with Crippen LogP contribution in [0.5, 0.6) is 0 Å². The summed E-state index contributed by atoms with van der Waals surface area (Å²) in [5.74, 6) is 0. The largest absolute Gasteiger partial charge is 0.257 e. The van der Waals surface area contributed by atoms with Gasteiger partial charge in [-0.05, 0) is 35.2 Å². The van der Waals surface area contributed by atoms with Crippen LogP contribution in [0.25, 0.3) is 0 Å². The molecule has 0 bridgehead atoms. The van der Waals surface area contributed by atoms with E-state index in [0.717, 1.165) is 22.3 Å². The Morgan fingerprint density at radius 2 is 1.87 bits per heavy atom. The highest BCUT2D eigenvalue weighted by molar-refractivity contribution is 9.10. The van der Waals surface area contributed by atoms with Crippen LogP contribution in [-0.4, -0.2) is 5.71 Å². The summed E-state index contributed by atoms with van der Waals surface area (Å²) in [5.41, 5.74) is 3.57. The van der Waals surface area contributed by atoms with E-state index in [9.17, 15) is 0 Å². The monoisotopic (exact) mass is 382 g/mol.